The Kier molecular flexibility index (Phi) is 4.44. The molecule has 3 amide bonds. The zero-order valence-electron chi connectivity index (χ0n) is 18.9. The summed E-state index contributed by atoms with van der Waals surface area (Å²) in [5, 5.41) is 9.75. The first-order valence-corrected chi connectivity index (χ1v) is 11.9. The van der Waals surface area contributed by atoms with Crippen LogP contribution in [0.15, 0.2) is 24.4 Å². The maximum atomic E-state index is 13.6. The smallest absolute Gasteiger partial charge is 0.272 e. The number of carbonyl (C=O) groups excluding carboxylic acids is 3. The average Bonchev–Trinajstić information content (AvgIpc) is 3.48. The molecule has 1 saturated carbocycles. The van der Waals surface area contributed by atoms with Crippen LogP contribution in [0.4, 0.5) is 0 Å². The summed E-state index contributed by atoms with van der Waals surface area (Å²) in [6, 6.07) is 5.47. The summed E-state index contributed by atoms with van der Waals surface area (Å²) < 4.78 is 0. The number of amides is 3. The average molecular weight is 448 g/mol. The van der Waals surface area contributed by atoms with E-state index in [0.29, 0.717) is 49.5 Å². The van der Waals surface area contributed by atoms with Gasteiger partial charge in [-0.15, -0.1) is 0 Å². The van der Waals surface area contributed by atoms with Crippen molar-refractivity contribution in [3.63, 3.8) is 0 Å². The quantitative estimate of drug-likeness (QED) is 0.737. The van der Waals surface area contributed by atoms with E-state index in [1.807, 2.05) is 22.8 Å². The van der Waals surface area contributed by atoms with Crippen molar-refractivity contribution in [1.29, 1.82) is 0 Å². The van der Waals surface area contributed by atoms with E-state index in [1.165, 1.54) is 0 Å². The van der Waals surface area contributed by atoms with E-state index >= 15 is 0 Å². The fraction of sp³-hybridized carbons (Fsp3) is 0.520. The molecule has 4 aliphatic rings. The maximum Gasteiger partial charge on any atom is 0.272 e. The van der Waals surface area contributed by atoms with Crippen molar-refractivity contribution >= 4 is 17.7 Å². The lowest BCUT2D eigenvalue weighted by molar-refractivity contribution is 0.0704. The molecular weight excluding hydrogens is 418 g/mol. The highest BCUT2D eigenvalue weighted by Crippen LogP contribution is 2.60. The number of nitrogens with zero attached hydrogens (tertiary/aromatic N) is 3. The molecule has 172 valence electrons. The van der Waals surface area contributed by atoms with E-state index in [0.717, 1.165) is 43.2 Å². The SMILES string of the molecule is Cc1cn[nH]c1C(=O)N1CC23CCCCC2(CN(C(=O)c2ccc4c(c2)CCNC4=O)C3)C1. The number of hydrogen-bond donors (Lipinski definition) is 2. The van der Waals surface area contributed by atoms with Crippen LogP contribution in [-0.2, 0) is 6.42 Å². The summed E-state index contributed by atoms with van der Waals surface area (Å²) in [5.41, 5.74) is 3.64. The van der Waals surface area contributed by atoms with Crippen LogP contribution in [0.25, 0.3) is 0 Å². The monoisotopic (exact) mass is 447 g/mol. The molecule has 1 aromatic heterocycles. The summed E-state index contributed by atoms with van der Waals surface area (Å²) in [6.07, 6.45) is 6.82. The second-order valence-electron chi connectivity index (χ2n) is 10.4. The molecule has 2 aromatic rings. The third-order valence-corrected chi connectivity index (χ3v) is 8.55. The summed E-state index contributed by atoms with van der Waals surface area (Å²) >= 11 is 0. The number of rotatable bonds is 2. The standard InChI is InChI=1S/C25H29N5O3/c1-16-11-27-28-20(16)23(33)30-14-24-7-2-3-8-25(24,15-30)13-29(12-24)22(32)18-4-5-19-17(10-18)6-9-26-21(19)31/h4-5,10-11H,2-3,6-9,12-15H2,1H3,(H,26,31)(H,27,28). The largest absolute Gasteiger partial charge is 0.352 e. The molecule has 2 N–H and O–H groups in total. The summed E-state index contributed by atoms with van der Waals surface area (Å²) in [4.78, 5) is 42.9. The number of aryl methyl sites for hydroxylation is 1. The van der Waals surface area contributed by atoms with Crippen LogP contribution >= 0.6 is 0 Å². The third-order valence-electron chi connectivity index (χ3n) is 8.55. The minimum absolute atomic E-state index is 0.0193. The lowest BCUT2D eigenvalue weighted by Crippen LogP contribution is -2.42. The topological polar surface area (TPSA) is 98.4 Å². The molecule has 0 bridgehead atoms. The van der Waals surface area contributed by atoms with Gasteiger partial charge in [0.1, 0.15) is 5.69 Å². The number of aromatic nitrogens is 2. The van der Waals surface area contributed by atoms with Gasteiger partial charge in [-0.25, -0.2) is 0 Å². The van der Waals surface area contributed by atoms with Crippen LogP contribution in [0.3, 0.4) is 0 Å². The number of H-pyrrole nitrogens is 1. The number of carbonyl (C=O) groups is 3. The van der Waals surface area contributed by atoms with Gasteiger partial charge in [0.15, 0.2) is 0 Å². The summed E-state index contributed by atoms with van der Waals surface area (Å²) in [7, 11) is 0. The van der Waals surface area contributed by atoms with E-state index in [9.17, 15) is 14.4 Å². The highest BCUT2D eigenvalue weighted by atomic mass is 16.2. The molecular formula is C25H29N5O3. The zero-order valence-corrected chi connectivity index (χ0v) is 18.9. The van der Waals surface area contributed by atoms with Gasteiger partial charge in [0.25, 0.3) is 17.7 Å². The van der Waals surface area contributed by atoms with Crippen LogP contribution < -0.4 is 5.32 Å². The normalized spacial score (nSPS) is 28.2. The lowest BCUT2D eigenvalue weighted by Gasteiger charge is -2.41. The van der Waals surface area contributed by atoms with Gasteiger partial charge in [0.2, 0.25) is 0 Å². The van der Waals surface area contributed by atoms with Crippen molar-refractivity contribution < 1.29 is 14.4 Å². The summed E-state index contributed by atoms with van der Waals surface area (Å²) in [5.74, 6) is -0.000903. The zero-order chi connectivity index (χ0) is 22.8. The predicted octanol–water partition coefficient (Wildman–Crippen LogP) is 2.16. The van der Waals surface area contributed by atoms with Crippen LogP contribution in [0, 0.1) is 17.8 Å². The molecule has 0 spiro atoms. The molecule has 2 saturated heterocycles. The van der Waals surface area contributed by atoms with Crippen molar-refractivity contribution in [1.82, 2.24) is 25.3 Å². The Morgan fingerprint density at radius 2 is 1.67 bits per heavy atom. The van der Waals surface area contributed by atoms with Crippen molar-refractivity contribution in [2.45, 2.75) is 39.0 Å². The van der Waals surface area contributed by atoms with Crippen molar-refractivity contribution in [2.24, 2.45) is 10.8 Å². The fourth-order valence-corrected chi connectivity index (χ4v) is 6.87. The molecule has 2 unspecified atom stereocenters. The number of benzene rings is 1. The van der Waals surface area contributed by atoms with E-state index in [-0.39, 0.29) is 28.6 Å². The van der Waals surface area contributed by atoms with E-state index in [2.05, 4.69) is 15.5 Å². The number of hydrogen-bond acceptors (Lipinski definition) is 4. The molecule has 8 heteroatoms. The Balaban J connectivity index is 1.26. The Morgan fingerprint density at radius 1 is 1.00 bits per heavy atom. The van der Waals surface area contributed by atoms with Gasteiger partial charge in [-0.1, -0.05) is 12.8 Å². The van der Waals surface area contributed by atoms with Gasteiger partial charge in [0, 0.05) is 54.7 Å². The third kappa shape index (κ3) is 2.96. The first-order valence-electron chi connectivity index (χ1n) is 11.9. The van der Waals surface area contributed by atoms with Crippen LogP contribution in [0.5, 0.6) is 0 Å². The molecule has 33 heavy (non-hydrogen) atoms. The van der Waals surface area contributed by atoms with Gasteiger partial charge in [0.05, 0.1) is 6.20 Å². The van der Waals surface area contributed by atoms with Crippen molar-refractivity contribution in [3.8, 4) is 0 Å². The molecule has 0 radical (unpaired) electrons. The molecule has 8 nitrogen and oxygen atoms in total. The molecule has 1 aliphatic carbocycles. The van der Waals surface area contributed by atoms with E-state index in [1.54, 1.807) is 18.3 Å². The highest BCUT2D eigenvalue weighted by Gasteiger charge is 2.64. The number of aromatic amines is 1. The number of nitrogens with one attached hydrogen (secondary N) is 2. The van der Waals surface area contributed by atoms with Crippen molar-refractivity contribution in [2.75, 3.05) is 32.7 Å². The molecule has 3 aliphatic heterocycles. The first-order chi connectivity index (χ1) is 15.9. The van der Waals surface area contributed by atoms with Crippen LogP contribution in [-0.4, -0.2) is 70.4 Å². The van der Waals surface area contributed by atoms with Gasteiger partial charge in [-0.2, -0.15) is 5.10 Å². The molecule has 6 rings (SSSR count). The first kappa shape index (κ1) is 20.4. The van der Waals surface area contributed by atoms with Gasteiger partial charge < -0.3 is 15.1 Å². The van der Waals surface area contributed by atoms with E-state index < -0.39 is 0 Å². The highest BCUT2D eigenvalue weighted by molar-refractivity contribution is 6.00. The summed E-state index contributed by atoms with van der Waals surface area (Å²) in [6.45, 7) is 5.28. The Morgan fingerprint density at radius 3 is 2.30 bits per heavy atom. The minimum atomic E-state index is -0.0630. The van der Waals surface area contributed by atoms with Crippen LogP contribution in [0.2, 0.25) is 0 Å². The van der Waals surface area contributed by atoms with Gasteiger partial charge >= 0.3 is 0 Å². The maximum absolute atomic E-state index is 13.6. The van der Waals surface area contributed by atoms with Gasteiger partial charge in [-0.05, 0) is 55.5 Å². The van der Waals surface area contributed by atoms with Crippen LogP contribution in [0.1, 0.15) is 68.0 Å². The minimum Gasteiger partial charge on any atom is -0.352 e. The lowest BCUT2D eigenvalue weighted by atomic mass is 9.60. The Bertz CT molecular complexity index is 1150. The second-order valence-corrected chi connectivity index (χ2v) is 10.4. The Hall–Kier alpha value is -3.16. The number of likely N-dealkylation sites (tertiary alicyclic amines) is 2. The molecule has 1 aromatic carbocycles. The van der Waals surface area contributed by atoms with E-state index in [4.69, 9.17) is 0 Å². The molecule has 4 heterocycles. The van der Waals surface area contributed by atoms with Gasteiger partial charge in [-0.3, -0.25) is 19.5 Å². The molecule has 3 fully saturated rings. The Labute approximate surface area is 192 Å². The predicted molar refractivity (Wildman–Crippen MR) is 121 cm³/mol. The molecule has 2 atom stereocenters. The fourth-order valence-electron chi connectivity index (χ4n) is 6.87. The van der Waals surface area contributed by atoms with Crippen molar-refractivity contribution in [3.05, 3.63) is 52.3 Å². The second kappa shape index (κ2) is 7.17. The number of fused-ring (bicyclic) bond motifs is 1.